The van der Waals surface area contributed by atoms with E-state index in [4.69, 9.17) is 4.74 Å². The van der Waals surface area contributed by atoms with Crippen molar-refractivity contribution < 1.29 is 4.74 Å². The summed E-state index contributed by atoms with van der Waals surface area (Å²) in [5.74, 6) is 1.50. The minimum atomic E-state index is 0.674. The Bertz CT molecular complexity index is 518. The van der Waals surface area contributed by atoms with Crippen molar-refractivity contribution in [2.75, 3.05) is 37.5 Å². The highest BCUT2D eigenvalue weighted by molar-refractivity contribution is 5.57. The van der Waals surface area contributed by atoms with Crippen LogP contribution in [0.4, 0.5) is 17.5 Å². The van der Waals surface area contributed by atoms with Crippen LogP contribution >= 0.6 is 0 Å². The molecule has 2 aromatic rings. The molecular formula is C15H20N4O. The molecule has 0 bridgehead atoms. The lowest BCUT2D eigenvalue weighted by Gasteiger charge is -2.17. The van der Waals surface area contributed by atoms with Crippen LogP contribution in [0, 0.1) is 0 Å². The molecule has 1 aromatic heterocycles. The van der Waals surface area contributed by atoms with Crippen molar-refractivity contribution in [2.45, 2.75) is 6.42 Å². The maximum atomic E-state index is 5.02. The minimum absolute atomic E-state index is 0.674. The number of hydrogen-bond acceptors (Lipinski definition) is 5. The summed E-state index contributed by atoms with van der Waals surface area (Å²) in [7, 11) is 3.66. The van der Waals surface area contributed by atoms with Crippen LogP contribution in [0.25, 0.3) is 0 Å². The second-order valence-corrected chi connectivity index (χ2v) is 4.41. The molecule has 0 unspecified atom stereocenters. The Labute approximate surface area is 119 Å². The molecule has 0 radical (unpaired) electrons. The van der Waals surface area contributed by atoms with E-state index in [1.807, 2.05) is 48.3 Å². The van der Waals surface area contributed by atoms with Gasteiger partial charge in [0.15, 0.2) is 0 Å². The molecule has 0 amide bonds. The molecule has 5 heteroatoms. The van der Waals surface area contributed by atoms with Crippen molar-refractivity contribution in [2.24, 2.45) is 0 Å². The fraction of sp³-hybridized carbons (Fsp3) is 0.333. The van der Waals surface area contributed by atoms with E-state index in [-0.39, 0.29) is 0 Å². The Kier molecular flexibility index (Phi) is 5.32. The number of anilines is 3. The summed E-state index contributed by atoms with van der Waals surface area (Å²) in [5.41, 5.74) is 1.06. The Morgan fingerprint density at radius 2 is 2.00 bits per heavy atom. The fourth-order valence-electron chi connectivity index (χ4n) is 1.81. The van der Waals surface area contributed by atoms with Gasteiger partial charge in [-0.05, 0) is 24.6 Å². The third kappa shape index (κ3) is 3.93. The van der Waals surface area contributed by atoms with E-state index in [1.165, 1.54) is 0 Å². The maximum Gasteiger partial charge on any atom is 0.231 e. The largest absolute Gasteiger partial charge is 0.385 e. The average molecular weight is 272 g/mol. The summed E-state index contributed by atoms with van der Waals surface area (Å²) in [6.45, 7) is 1.58. The summed E-state index contributed by atoms with van der Waals surface area (Å²) in [5, 5.41) is 3.27. The number of para-hydroxylation sites is 1. The van der Waals surface area contributed by atoms with E-state index in [1.54, 1.807) is 13.3 Å². The molecule has 0 aliphatic heterocycles. The van der Waals surface area contributed by atoms with Gasteiger partial charge in [0.1, 0.15) is 5.82 Å². The molecule has 0 atom stereocenters. The Balaban J connectivity index is 2.02. The average Bonchev–Trinajstić information content (AvgIpc) is 2.52. The van der Waals surface area contributed by atoms with Crippen molar-refractivity contribution >= 4 is 17.5 Å². The molecule has 2 rings (SSSR count). The minimum Gasteiger partial charge on any atom is -0.385 e. The van der Waals surface area contributed by atoms with Gasteiger partial charge in [0, 0.05) is 39.2 Å². The summed E-state index contributed by atoms with van der Waals surface area (Å²) < 4.78 is 5.02. The first kappa shape index (κ1) is 14.3. The number of aromatic nitrogens is 2. The molecule has 1 heterocycles. The second kappa shape index (κ2) is 7.45. The number of rotatable bonds is 7. The van der Waals surface area contributed by atoms with Gasteiger partial charge in [0.2, 0.25) is 5.95 Å². The molecule has 106 valence electrons. The summed E-state index contributed by atoms with van der Waals surface area (Å²) >= 11 is 0. The quantitative estimate of drug-likeness (QED) is 0.785. The molecular weight excluding hydrogens is 252 g/mol. The van der Waals surface area contributed by atoms with Crippen LogP contribution in [0.5, 0.6) is 0 Å². The van der Waals surface area contributed by atoms with Crippen LogP contribution in [0.1, 0.15) is 6.42 Å². The van der Waals surface area contributed by atoms with Gasteiger partial charge in [-0.2, -0.15) is 4.98 Å². The summed E-state index contributed by atoms with van der Waals surface area (Å²) in [6, 6.07) is 11.9. The number of nitrogens with one attached hydrogen (secondary N) is 1. The van der Waals surface area contributed by atoms with E-state index in [9.17, 15) is 0 Å². The topological polar surface area (TPSA) is 50.3 Å². The van der Waals surface area contributed by atoms with Crippen molar-refractivity contribution in [3.05, 3.63) is 42.6 Å². The van der Waals surface area contributed by atoms with Crippen molar-refractivity contribution in [3.8, 4) is 0 Å². The normalized spacial score (nSPS) is 10.3. The van der Waals surface area contributed by atoms with Crippen LogP contribution in [0.15, 0.2) is 42.6 Å². The van der Waals surface area contributed by atoms with Gasteiger partial charge in [-0.25, -0.2) is 4.98 Å². The van der Waals surface area contributed by atoms with E-state index in [0.717, 1.165) is 31.1 Å². The SMILES string of the molecule is COCCCNc1ccnc(N(C)c2ccccc2)n1. The van der Waals surface area contributed by atoms with Gasteiger partial charge in [-0.15, -0.1) is 0 Å². The zero-order valence-electron chi connectivity index (χ0n) is 11.9. The zero-order valence-corrected chi connectivity index (χ0v) is 11.9. The highest BCUT2D eigenvalue weighted by atomic mass is 16.5. The van der Waals surface area contributed by atoms with Crippen LogP contribution in [0.3, 0.4) is 0 Å². The van der Waals surface area contributed by atoms with Crippen molar-refractivity contribution in [3.63, 3.8) is 0 Å². The van der Waals surface area contributed by atoms with Gasteiger partial charge >= 0.3 is 0 Å². The number of nitrogens with zero attached hydrogens (tertiary/aromatic N) is 3. The predicted molar refractivity (Wildman–Crippen MR) is 81.5 cm³/mol. The molecule has 0 fully saturated rings. The van der Waals surface area contributed by atoms with E-state index in [0.29, 0.717) is 5.95 Å². The van der Waals surface area contributed by atoms with Gasteiger partial charge in [0.05, 0.1) is 0 Å². The number of benzene rings is 1. The third-order valence-electron chi connectivity index (χ3n) is 2.92. The van der Waals surface area contributed by atoms with E-state index in [2.05, 4.69) is 15.3 Å². The monoisotopic (exact) mass is 272 g/mol. The number of ether oxygens (including phenoxy) is 1. The molecule has 0 spiro atoms. The first-order valence-corrected chi connectivity index (χ1v) is 6.66. The van der Waals surface area contributed by atoms with E-state index < -0.39 is 0 Å². The van der Waals surface area contributed by atoms with Crippen molar-refractivity contribution in [1.29, 1.82) is 0 Å². The molecule has 0 saturated carbocycles. The Morgan fingerprint density at radius 3 is 2.75 bits per heavy atom. The molecule has 20 heavy (non-hydrogen) atoms. The zero-order chi connectivity index (χ0) is 14.2. The lowest BCUT2D eigenvalue weighted by Crippen LogP contribution is -2.14. The Morgan fingerprint density at radius 1 is 1.20 bits per heavy atom. The predicted octanol–water partition coefficient (Wildman–Crippen LogP) is 2.69. The second-order valence-electron chi connectivity index (χ2n) is 4.41. The van der Waals surface area contributed by atoms with Gasteiger partial charge in [-0.1, -0.05) is 18.2 Å². The molecule has 1 aromatic carbocycles. The third-order valence-corrected chi connectivity index (χ3v) is 2.92. The molecule has 0 saturated heterocycles. The highest BCUT2D eigenvalue weighted by Crippen LogP contribution is 2.19. The molecule has 0 aliphatic rings. The van der Waals surface area contributed by atoms with Gasteiger partial charge in [0.25, 0.3) is 0 Å². The standard InChI is InChI=1S/C15H20N4O/c1-19(13-7-4-3-5-8-13)15-17-11-9-14(18-15)16-10-6-12-20-2/h3-5,7-9,11H,6,10,12H2,1-2H3,(H,16,17,18). The van der Waals surface area contributed by atoms with Crippen LogP contribution in [-0.4, -0.2) is 37.3 Å². The van der Waals surface area contributed by atoms with E-state index >= 15 is 0 Å². The molecule has 5 nitrogen and oxygen atoms in total. The number of methoxy groups -OCH3 is 1. The van der Waals surface area contributed by atoms with Gasteiger partial charge < -0.3 is 15.0 Å². The van der Waals surface area contributed by atoms with Gasteiger partial charge in [-0.3, -0.25) is 0 Å². The maximum absolute atomic E-state index is 5.02. The number of hydrogen-bond donors (Lipinski definition) is 1. The summed E-state index contributed by atoms with van der Waals surface area (Å²) in [6.07, 6.45) is 2.71. The van der Waals surface area contributed by atoms with Crippen molar-refractivity contribution in [1.82, 2.24) is 9.97 Å². The van der Waals surface area contributed by atoms with Crippen LogP contribution in [0.2, 0.25) is 0 Å². The smallest absolute Gasteiger partial charge is 0.231 e. The fourth-order valence-corrected chi connectivity index (χ4v) is 1.81. The molecule has 0 aliphatic carbocycles. The van der Waals surface area contributed by atoms with Crippen LogP contribution in [-0.2, 0) is 4.74 Å². The Hall–Kier alpha value is -2.14. The first-order valence-electron chi connectivity index (χ1n) is 6.66. The van der Waals surface area contributed by atoms with Crippen LogP contribution < -0.4 is 10.2 Å². The lowest BCUT2D eigenvalue weighted by atomic mass is 10.3. The highest BCUT2D eigenvalue weighted by Gasteiger charge is 2.06. The summed E-state index contributed by atoms with van der Waals surface area (Å²) in [4.78, 5) is 10.8. The molecule has 1 N–H and O–H groups in total. The first-order chi connectivity index (χ1) is 9.81. The lowest BCUT2D eigenvalue weighted by molar-refractivity contribution is 0.198.